The van der Waals surface area contributed by atoms with Crippen LogP contribution in [0.15, 0.2) is 29.3 Å². The second-order valence-electron chi connectivity index (χ2n) is 8.32. The molecule has 1 fully saturated rings. The minimum Gasteiger partial charge on any atom is -0.454 e. The Balaban J connectivity index is 1.34. The zero-order chi connectivity index (χ0) is 21.7. The summed E-state index contributed by atoms with van der Waals surface area (Å²) in [5, 5.41) is 11.5. The fraction of sp³-hybridized carbons (Fsp3) is 0.565. The van der Waals surface area contributed by atoms with Crippen LogP contribution < -0.4 is 20.1 Å². The van der Waals surface area contributed by atoms with Crippen molar-refractivity contribution in [1.29, 1.82) is 0 Å². The number of aryl methyl sites for hydroxylation is 3. The molecule has 168 valence electrons. The number of benzene rings is 1. The van der Waals surface area contributed by atoms with E-state index in [2.05, 4.69) is 50.5 Å². The fourth-order valence-electron chi connectivity index (χ4n) is 4.37. The summed E-state index contributed by atoms with van der Waals surface area (Å²) in [5.74, 6) is 2.47. The molecular formula is C23H33N5O3. The van der Waals surface area contributed by atoms with Crippen LogP contribution in [0.2, 0.25) is 0 Å². The lowest BCUT2D eigenvalue weighted by molar-refractivity contribution is 0.0513. The SMILES string of the molecule is CN=C(NCCCn1nc(C)cc1C)NCC1(c2ccc3c(c2)OCO3)CCOCC1. The summed E-state index contributed by atoms with van der Waals surface area (Å²) in [6.45, 7) is 8.43. The smallest absolute Gasteiger partial charge is 0.231 e. The Morgan fingerprint density at radius 3 is 2.68 bits per heavy atom. The summed E-state index contributed by atoms with van der Waals surface area (Å²) in [4.78, 5) is 4.42. The first-order valence-electron chi connectivity index (χ1n) is 11.0. The summed E-state index contributed by atoms with van der Waals surface area (Å²) >= 11 is 0. The van der Waals surface area contributed by atoms with Gasteiger partial charge in [-0.25, -0.2) is 0 Å². The van der Waals surface area contributed by atoms with E-state index < -0.39 is 0 Å². The highest BCUT2D eigenvalue weighted by Crippen LogP contribution is 2.40. The molecule has 0 aliphatic carbocycles. The normalized spacial score (nSPS) is 17.6. The molecule has 0 bridgehead atoms. The van der Waals surface area contributed by atoms with Crippen molar-refractivity contribution >= 4 is 5.96 Å². The maximum atomic E-state index is 5.67. The number of nitrogens with zero attached hydrogens (tertiary/aromatic N) is 3. The van der Waals surface area contributed by atoms with Gasteiger partial charge in [0.2, 0.25) is 6.79 Å². The van der Waals surface area contributed by atoms with E-state index in [9.17, 15) is 0 Å². The van der Waals surface area contributed by atoms with Gasteiger partial charge in [0.15, 0.2) is 17.5 Å². The predicted octanol–water partition coefficient (Wildman–Crippen LogP) is 2.53. The van der Waals surface area contributed by atoms with E-state index in [1.165, 1.54) is 11.3 Å². The highest BCUT2D eigenvalue weighted by atomic mass is 16.7. The van der Waals surface area contributed by atoms with E-state index in [4.69, 9.17) is 14.2 Å². The predicted molar refractivity (Wildman–Crippen MR) is 120 cm³/mol. The minimum atomic E-state index is -0.0272. The van der Waals surface area contributed by atoms with Crippen molar-refractivity contribution in [3.05, 3.63) is 41.2 Å². The molecule has 1 aromatic carbocycles. The lowest BCUT2D eigenvalue weighted by atomic mass is 9.74. The molecule has 8 nitrogen and oxygen atoms in total. The molecular weight excluding hydrogens is 394 g/mol. The Kier molecular flexibility index (Phi) is 6.65. The molecule has 1 saturated heterocycles. The van der Waals surface area contributed by atoms with Crippen molar-refractivity contribution in [1.82, 2.24) is 20.4 Å². The minimum absolute atomic E-state index is 0.0272. The standard InChI is InChI=1S/C23H33N5O3/c1-17-13-18(2)28(27-17)10-4-9-25-22(24-3)26-15-23(7-11-29-12-8-23)19-5-6-20-21(14-19)31-16-30-20/h5-6,13-14H,4,7-12,15-16H2,1-3H3,(H2,24,25,26). The van der Waals surface area contributed by atoms with Crippen LogP contribution in [-0.4, -0.2) is 55.9 Å². The van der Waals surface area contributed by atoms with Gasteiger partial charge in [-0.05, 0) is 56.9 Å². The van der Waals surface area contributed by atoms with Crippen molar-refractivity contribution in [3.63, 3.8) is 0 Å². The van der Waals surface area contributed by atoms with E-state index in [0.717, 1.165) is 75.3 Å². The van der Waals surface area contributed by atoms with Crippen molar-refractivity contribution in [2.75, 3.05) is 40.1 Å². The number of rotatable bonds is 7. The van der Waals surface area contributed by atoms with Gasteiger partial charge in [0.05, 0.1) is 5.69 Å². The second kappa shape index (κ2) is 9.60. The monoisotopic (exact) mass is 427 g/mol. The van der Waals surface area contributed by atoms with E-state index in [1.54, 1.807) is 0 Å². The fourth-order valence-corrected chi connectivity index (χ4v) is 4.37. The molecule has 3 heterocycles. The van der Waals surface area contributed by atoms with Crippen LogP contribution in [0.1, 0.15) is 36.2 Å². The lowest BCUT2D eigenvalue weighted by Gasteiger charge is -2.38. The van der Waals surface area contributed by atoms with Crippen LogP contribution in [0, 0.1) is 13.8 Å². The number of hydrogen-bond acceptors (Lipinski definition) is 5. The third kappa shape index (κ3) is 4.95. The lowest BCUT2D eigenvalue weighted by Crippen LogP contribution is -2.48. The van der Waals surface area contributed by atoms with E-state index in [1.807, 2.05) is 20.0 Å². The average molecular weight is 428 g/mol. The van der Waals surface area contributed by atoms with Gasteiger partial charge >= 0.3 is 0 Å². The van der Waals surface area contributed by atoms with E-state index in [0.29, 0.717) is 6.79 Å². The van der Waals surface area contributed by atoms with Crippen LogP contribution >= 0.6 is 0 Å². The average Bonchev–Trinajstić information content (AvgIpc) is 3.38. The molecule has 0 unspecified atom stereocenters. The largest absolute Gasteiger partial charge is 0.454 e. The highest BCUT2D eigenvalue weighted by Gasteiger charge is 2.35. The molecule has 0 spiro atoms. The van der Waals surface area contributed by atoms with Gasteiger partial charge in [0.1, 0.15) is 0 Å². The molecule has 0 amide bonds. The molecule has 31 heavy (non-hydrogen) atoms. The summed E-state index contributed by atoms with van der Waals surface area (Å²) in [6.07, 6.45) is 2.88. The number of guanidine groups is 1. The van der Waals surface area contributed by atoms with Gasteiger partial charge in [-0.15, -0.1) is 0 Å². The zero-order valence-electron chi connectivity index (χ0n) is 18.7. The quantitative estimate of drug-likeness (QED) is 0.402. The second-order valence-corrected chi connectivity index (χ2v) is 8.32. The van der Waals surface area contributed by atoms with Crippen LogP contribution in [-0.2, 0) is 16.7 Å². The van der Waals surface area contributed by atoms with Gasteiger partial charge in [-0.1, -0.05) is 6.07 Å². The number of nitrogens with one attached hydrogen (secondary N) is 2. The topological polar surface area (TPSA) is 81.9 Å². The van der Waals surface area contributed by atoms with Gasteiger partial charge in [0, 0.05) is 51.0 Å². The molecule has 1 aromatic heterocycles. The van der Waals surface area contributed by atoms with Crippen molar-refractivity contribution in [2.24, 2.45) is 4.99 Å². The first-order valence-corrected chi connectivity index (χ1v) is 11.0. The Hall–Kier alpha value is -2.74. The highest BCUT2D eigenvalue weighted by molar-refractivity contribution is 5.79. The van der Waals surface area contributed by atoms with Crippen LogP contribution in [0.3, 0.4) is 0 Å². The maximum absolute atomic E-state index is 5.67. The molecule has 0 saturated carbocycles. The number of ether oxygens (including phenoxy) is 3. The third-order valence-corrected chi connectivity index (χ3v) is 6.20. The summed E-state index contributed by atoms with van der Waals surface area (Å²) in [6, 6.07) is 8.41. The number of fused-ring (bicyclic) bond motifs is 1. The summed E-state index contributed by atoms with van der Waals surface area (Å²) in [5.41, 5.74) is 3.49. The van der Waals surface area contributed by atoms with Crippen molar-refractivity contribution in [3.8, 4) is 11.5 Å². The molecule has 8 heteroatoms. The van der Waals surface area contributed by atoms with E-state index in [-0.39, 0.29) is 5.41 Å². The van der Waals surface area contributed by atoms with Crippen LogP contribution in [0.25, 0.3) is 0 Å². The zero-order valence-corrected chi connectivity index (χ0v) is 18.7. The first-order chi connectivity index (χ1) is 15.1. The van der Waals surface area contributed by atoms with Crippen LogP contribution in [0.5, 0.6) is 11.5 Å². The first kappa shape index (κ1) is 21.5. The Morgan fingerprint density at radius 1 is 1.13 bits per heavy atom. The van der Waals surface area contributed by atoms with Gasteiger partial charge < -0.3 is 24.8 Å². The molecule has 2 aromatic rings. The van der Waals surface area contributed by atoms with Gasteiger partial charge in [-0.2, -0.15) is 5.10 Å². The molecule has 0 atom stereocenters. The molecule has 0 radical (unpaired) electrons. The van der Waals surface area contributed by atoms with E-state index >= 15 is 0 Å². The Morgan fingerprint density at radius 2 is 1.94 bits per heavy atom. The van der Waals surface area contributed by atoms with Gasteiger partial charge in [0.25, 0.3) is 0 Å². The molecule has 2 aliphatic rings. The summed E-state index contributed by atoms with van der Waals surface area (Å²) < 4.78 is 18.8. The molecule has 4 rings (SSSR count). The third-order valence-electron chi connectivity index (χ3n) is 6.20. The molecule has 2 N–H and O–H groups in total. The van der Waals surface area contributed by atoms with Crippen molar-refractivity contribution in [2.45, 2.75) is 45.1 Å². The Labute approximate surface area is 184 Å². The molecule has 2 aliphatic heterocycles. The van der Waals surface area contributed by atoms with Gasteiger partial charge in [-0.3, -0.25) is 9.67 Å². The van der Waals surface area contributed by atoms with Crippen LogP contribution in [0.4, 0.5) is 0 Å². The van der Waals surface area contributed by atoms with Crippen molar-refractivity contribution < 1.29 is 14.2 Å². The Bertz CT molecular complexity index is 918. The number of aliphatic imine (C=N–C) groups is 1. The number of hydrogen-bond donors (Lipinski definition) is 2. The number of aromatic nitrogens is 2. The maximum Gasteiger partial charge on any atom is 0.231 e. The summed E-state index contributed by atoms with van der Waals surface area (Å²) in [7, 11) is 1.81.